The Labute approximate surface area is 143 Å². The molecule has 0 radical (unpaired) electrons. The summed E-state index contributed by atoms with van der Waals surface area (Å²) in [6.07, 6.45) is 1.97. The minimum atomic E-state index is -0.272. The molecule has 2 N–H and O–H groups in total. The Balaban J connectivity index is 1.68. The zero-order valence-corrected chi connectivity index (χ0v) is 14.4. The van der Waals surface area contributed by atoms with E-state index >= 15 is 0 Å². The van der Waals surface area contributed by atoms with E-state index in [0.29, 0.717) is 4.47 Å². The summed E-state index contributed by atoms with van der Waals surface area (Å²) in [5.74, 6) is 0.00510. The number of carbonyl (C=O) groups excluding carboxylic acids is 1. The second kappa shape index (κ2) is 6.71. The molecule has 1 aliphatic rings. The van der Waals surface area contributed by atoms with Gasteiger partial charge in [-0.15, -0.1) is 0 Å². The third kappa shape index (κ3) is 4.10. The molecule has 0 bridgehead atoms. The Bertz CT molecular complexity index is 731. The summed E-state index contributed by atoms with van der Waals surface area (Å²) >= 11 is 3.21. The summed E-state index contributed by atoms with van der Waals surface area (Å²) in [5, 5.41) is 6.31. The van der Waals surface area contributed by atoms with Crippen LogP contribution in [0.1, 0.15) is 31.4 Å². The van der Waals surface area contributed by atoms with Crippen molar-refractivity contribution in [2.24, 2.45) is 5.92 Å². The van der Waals surface area contributed by atoms with Crippen LogP contribution in [0, 0.1) is 11.7 Å². The molecule has 3 rings (SSSR count). The van der Waals surface area contributed by atoms with Crippen molar-refractivity contribution in [3.8, 4) is 0 Å². The molecule has 0 aliphatic heterocycles. The van der Waals surface area contributed by atoms with Crippen LogP contribution in [0.5, 0.6) is 0 Å². The Morgan fingerprint density at radius 2 is 1.96 bits per heavy atom. The number of benzene rings is 2. The Hall–Kier alpha value is -1.88. The van der Waals surface area contributed by atoms with Crippen molar-refractivity contribution in [2.75, 3.05) is 10.6 Å². The van der Waals surface area contributed by atoms with Gasteiger partial charge in [0.2, 0.25) is 5.91 Å². The van der Waals surface area contributed by atoms with Gasteiger partial charge in [0.25, 0.3) is 0 Å². The number of hydrogen-bond acceptors (Lipinski definition) is 2. The fourth-order valence-electron chi connectivity index (χ4n) is 2.39. The third-order valence-corrected chi connectivity index (χ3v) is 4.51. The summed E-state index contributed by atoms with van der Waals surface area (Å²) in [5.41, 5.74) is 2.68. The topological polar surface area (TPSA) is 41.1 Å². The van der Waals surface area contributed by atoms with Crippen LogP contribution in [-0.2, 0) is 4.79 Å². The lowest BCUT2D eigenvalue weighted by Gasteiger charge is -2.17. The van der Waals surface area contributed by atoms with Gasteiger partial charge in [-0.3, -0.25) is 4.79 Å². The normalized spacial score (nSPS) is 15.1. The molecule has 1 fully saturated rings. The molecule has 1 atom stereocenters. The van der Waals surface area contributed by atoms with Gasteiger partial charge < -0.3 is 10.6 Å². The first-order chi connectivity index (χ1) is 11.0. The van der Waals surface area contributed by atoms with Crippen LogP contribution in [0.3, 0.4) is 0 Å². The van der Waals surface area contributed by atoms with Crippen LogP contribution >= 0.6 is 15.9 Å². The highest BCUT2D eigenvalue weighted by atomic mass is 79.9. The Kier molecular flexibility index (Phi) is 4.66. The van der Waals surface area contributed by atoms with Gasteiger partial charge in [-0.05, 0) is 71.6 Å². The molecule has 1 amide bonds. The SMILES string of the molecule is CC(Nc1cccc(NC(=O)C2CC2)c1)c1ccc(F)c(Br)c1. The Morgan fingerprint density at radius 3 is 2.65 bits per heavy atom. The van der Waals surface area contributed by atoms with Gasteiger partial charge >= 0.3 is 0 Å². The van der Waals surface area contributed by atoms with Gasteiger partial charge in [-0.2, -0.15) is 0 Å². The molecule has 1 saturated carbocycles. The van der Waals surface area contributed by atoms with Crippen LogP contribution in [0.15, 0.2) is 46.9 Å². The lowest BCUT2D eigenvalue weighted by molar-refractivity contribution is -0.117. The molecule has 1 aliphatic carbocycles. The fraction of sp³-hybridized carbons (Fsp3) is 0.278. The van der Waals surface area contributed by atoms with Crippen molar-refractivity contribution in [1.29, 1.82) is 0 Å². The molecule has 23 heavy (non-hydrogen) atoms. The van der Waals surface area contributed by atoms with Gasteiger partial charge in [-0.25, -0.2) is 4.39 Å². The molecule has 2 aromatic rings. The highest BCUT2D eigenvalue weighted by Gasteiger charge is 2.29. The average Bonchev–Trinajstić information content (AvgIpc) is 3.35. The smallest absolute Gasteiger partial charge is 0.227 e. The maximum atomic E-state index is 13.3. The monoisotopic (exact) mass is 376 g/mol. The summed E-state index contributed by atoms with van der Waals surface area (Å²) < 4.78 is 13.8. The minimum absolute atomic E-state index is 0.0151. The van der Waals surface area contributed by atoms with E-state index in [1.54, 1.807) is 12.1 Å². The largest absolute Gasteiger partial charge is 0.378 e. The van der Waals surface area contributed by atoms with E-state index in [2.05, 4.69) is 26.6 Å². The van der Waals surface area contributed by atoms with Gasteiger partial charge in [0.1, 0.15) is 5.82 Å². The molecule has 0 saturated heterocycles. The number of carbonyl (C=O) groups is 1. The minimum Gasteiger partial charge on any atom is -0.378 e. The van der Waals surface area contributed by atoms with Crippen molar-refractivity contribution in [3.05, 3.63) is 58.3 Å². The van der Waals surface area contributed by atoms with Gasteiger partial charge in [0.05, 0.1) is 4.47 Å². The van der Waals surface area contributed by atoms with Crippen molar-refractivity contribution >= 4 is 33.2 Å². The van der Waals surface area contributed by atoms with Crippen molar-refractivity contribution < 1.29 is 9.18 Å². The van der Waals surface area contributed by atoms with Crippen LogP contribution in [-0.4, -0.2) is 5.91 Å². The first-order valence-electron chi connectivity index (χ1n) is 7.65. The van der Waals surface area contributed by atoms with Crippen molar-refractivity contribution in [3.63, 3.8) is 0 Å². The second-order valence-electron chi connectivity index (χ2n) is 5.88. The highest BCUT2D eigenvalue weighted by Crippen LogP contribution is 2.31. The predicted octanol–water partition coefficient (Wildman–Crippen LogP) is 5.11. The molecule has 120 valence electrons. The van der Waals surface area contributed by atoms with E-state index in [1.807, 2.05) is 31.2 Å². The van der Waals surface area contributed by atoms with Crippen LogP contribution in [0.2, 0.25) is 0 Å². The highest BCUT2D eigenvalue weighted by molar-refractivity contribution is 9.10. The number of rotatable bonds is 5. The third-order valence-electron chi connectivity index (χ3n) is 3.91. The first-order valence-corrected chi connectivity index (χ1v) is 8.44. The number of nitrogens with one attached hydrogen (secondary N) is 2. The van der Waals surface area contributed by atoms with Crippen LogP contribution in [0.25, 0.3) is 0 Å². The molecule has 0 aromatic heterocycles. The lowest BCUT2D eigenvalue weighted by Crippen LogP contribution is -2.13. The van der Waals surface area contributed by atoms with E-state index in [-0.39, 0.29) is 23.7 Å². The summed E-state index contributed by atoms with van der Waals surface area (Å²) in [4.78, 5) is 11.8. The number of anilines is 2. The van der Waals surface area contributed by atoms with Gasteiger partial charge in [-0.1, -0.05) is 12.1 Å². The average molecular weight is 377 g/mol. The van der Waals surface area contributed by atoms with Gasteiger partial charge in [0, 0.05) is 23.3 Å². The van der Waals surface area contributed by atoms with Gasteiger partial charge in [0.15, 0.2) is 0 Å². The summed E-state index contributed by atoms with van der Waals surface area (Å²) in [7, 11) is 0. The van der Waals surface area contributed by atoms with E-state index < -0.39 is 0 Å². The van der Waals surface area contributed by atoms with Crippen molar-refractivity contribution in [1.82, 2.24) is 0 Å². The van der Waals surface area contributed by atoms with E-state index in [4.69, 9.17) is 0 Å². The number of amides is 1. The van der Waals surface area contributed by atoms with Crippen LogP contribution in [0.4, 0.5) is 15.8 Å². The zero-order chi connectivity index (χ0) is 16.4. The van der Waals surface area contributed by atoms with E-state index in [9.17, 15) is 9.18 Å². The number of hydrogen-bond donors (Lipinski definition) is 2. The summed E-state index contributed by atoms with van der Waals surface area (Å²) in [6.45, 7) is 2.01. The standard InChI is InChI=1S/C18H18BrFN2O/c1-11(13-7-8-17(20)16(19)9-13)21-14-3-2-4-15(10-14)22-18(23)12-5-6-12/h2-4,7-12,21H,5-6H2,1H3,(H,22,23). The molecular formula is C18H18BrFN2O. The second-order valence-corrected chi connectivity index (χ2v) is 6.74. The summed E-state index contributed by atoms with van der Waals surface area (Å²) in [6, 6.07) is 12.6. The molecule has 3 nitrogen and oxygen atoms in total. The van der Waals surface area contributed by atoms with Crippen molar-refractivity contribution in [2.45, 2.75) is 25.8 Å². The number of halogens is 2. The van der Waals surface area contributed by atoms with E-state index in [0.717, 1.165) is 29.8 Å². The predicted molar refractivity (Wildman–Crippen MR) is 93.9 cm³/mol. The fourth-order valence-corrected chi connectivity index (χ4v) is 2.79. The molecular weight excluding hydrogens is 359 g/mol. The molecule has 0 heterocycles. The molecule has 2 aromatic carbocycles. The molecule has 1 unspecified atom stereocenters. The maximum absolute atomic E-state index is 13.3. The lowest BCUT2D eigenvalue weighted by atomic mass is 10.1. The quantitative estimate of drug-likeness (QED) is 0.760. The maximum Gasteiger partial charge on any atom is 0.227 e. The first kappa shape index (κ1) is 16.0. The Morgan fingerprint density at radius 1 is 1.22 bits per heavy atom. The van der Waals surface area contributed by atoms with E-state index in [1.165, 1.54) is 6.07 Å². The molecule has 5 heteroatoms. The zero-order valence-electron chi connectivity index (χ0n) is 12.8. The van der Waals surface area contributed by atoms with Crippen LogP contribution < -0.4 is 10.6 Å². The molecule has 0 spiro atoms.